The van der Waals surface area contributed by atoms with Gasteiger partial charge in [-0.2, -0.15) is 0 Å². The fourth-order valence-electron chi connectivity index (χ4n) is 4.95. The van der Waals surface area contributed by atoms with Crippen LogP contribution in [0.4, 0.5) is 0 Å². The predicted molar refractivity (Wildman–Crippen MR) is 66.4 cm³/mol. The zero-order chi connectivity index (χ0) is 11.2. The fraction of sp³-hybridized carbons (Fsp3) is 0.733. The van der Waals surface area contributed by atoms with Crippen LogP contribution >= 0.6 is 0 Å². The summed E-state index contributed by atoms with van der Waals surface area (Å²) in [4.78, 5) is 0. The third-order valence-corrected chi connectivity index (χ3v) is 5.55. The largest absolute Gasteiger partial charge is 0.468 e. The van der Waals surface area contributed by atoms with Crippen molar-refractivity contribution in [2.75, 3.05) is 0 Å². The summed E-state index contributed by atoms with van der Waals surface area (Å²) in [5, 5.41) is 3.73. The second-order valence-electron chi connectivity index (χ2n) is 6.22. The van der Waals surface area contributed by atoms with Gasteiger partial charge in [0.15, 0.2) is 0 Å². The molecule has 17 heavy (non-hydrogen) atoms. The summed E-state index contributed by atoms with van der Waals surface area (Å²) in [7, 11) is 0. The lowest BCUT2D eigenvalue weighted by atomic mass is 9.79. The molecule has 0 radical (unpaired) electrons. The van der Waals surface area contributed by atoms with E-state index in [1.165, 1.54) is 32.1 Å². The number of hydrogen-bond donors (Lipinski definition) is 1. The van der Waals surface area contributed by atoms with Gasteiger partial charge in [0.1, 0.15) is 5.76 Å². The molecule has 0 aliphatic heterocycles. The molecule has 3 aliphatic rings. The molecule has 0 saturated heterocycles. The van der Waals surface area contributed by atoms with Crippen molar-refractivity contribution in [2.45, 2.75) is 44.7 Å². The first kappa shape index (κ1) is 10.2. The van der Waals surface area contributed by atoms with Gasteiger partial charge < -0.3 is 9.73 Å². The van der Waals surface area contributed by atoms with Crippen LogP contribution in [0, 0.1) is 23.7 Å². The van der Waals surface area contributed by atoms with Crippen molar-refractivity contribution >= 4 is 0 Å². The Morgan fingerprint density at radius 1 is 1.18 bits per heavy atom. The smallest absolute Gasteiger partial charge is 0.117 e. The maximum absolute atomic E-state index is 5.40. The highest BCUT2D eigenvalue weighted by Crippen LogP contribution is 2.58. The Bertz CT molecular complexity index is 386. The Balaban J connectivity index is 1.41. The maximum Gasteiger partial charge on any atom is 0.117 e. The third-order valence-electron chi connectivity index (χ3n) is 5.55. The highest BCUT2D eigenvalue weighted by atomic mass is 16.3. The molecule has 2 bridgehead atoms. The Hall–Kier alpha value is -0.760. The molecule has 3 fully saturated rings. The van der Waals surface area contributed by atoms with Gasteiger partial charge in [0.25, 0.3) is 0 Å². The molecule has 0 amide bonds. The van der Waals surface area contributed by atoms with E-state index in [0.29, 0.717) is 0 Å². The molecule has 1 heterocycles. The van der Waals surface area contributed by atoms with E-state index in [2.05, 4.69) is 11.4 Å². The van der Waals surface area contributed by atoms with Gasteiger partial charge in [-0.3, -0.25) is 0 Å². The number of hydrogen-bond acceptors (Lipinski definition) is 2. The summed E-state index contributed by atoms with van der Waals surface area (Å²) in [5.74, 6) is 5.25. The number of furan rings is 1. The summed E-state index contributed by atoms with van der Waals surface area (Å²) in [6.07, 6.45) is 9.22. The Labute approximate surface area is 103 Å². The molecule has 5 unspecified atom stereocenters. The van der Waals surface area contributed by atoms with E-state index in [1.807, 2.05) is 6.07 Å². The van der Waals surface area contributed by atoms with Crippen molar-refractivity contribution in [1.29, 1.82) is 0 Å². The molecule has 1 aromatic rings. The topological polar surface area (TPSA) is 25.2 Å². The Morgan fingerprint density at radius 2 is 2.12 bits per heavy atom. The second kappa shape index (κ2) is 3.88. The van der Waals surface area contributed by atoms with Crippen molar-refractivity contribution in [1.82, 2.24) is 5.32 Å². The minimum atomic E-state index is 0.768. The monoisotopic (exact) mass is 231 g/mol. The summed E-state index contributed by atoms with van der Waals surface area (Å²) >= 11 is 0. The van der Waals surface area contributed by atoms with E-state index in [4.69, 9.17) is 4.42 Å². The summed E-state index contributed by atoms with van der Waals surface area (Å²) in [6.45, 7) is 0.915. The van der Waals surface area contributed by atoms with E-state index in [9.17, 15) is 0 Å². The molecule has 3 saturated carbocycles. The minimum absolute atomic E-state index is 0.768. The van der Waals surface area contributed by atoms with Crippen molar-refractivity contribution in [2.24, 2.45) is 23.7 Å². The van der Waals surface area contributed by atoms with Crippen molar-refractivity contribution in [3.05, 3.63) is 24.2 Å². The third kappa shape index (κ3) is 1.57. The van der Waals surface area contributed by atoms with Crippen LogP contribution in [0.3, 0.4) is 0 Å². The van der Waals surface area contributed by atoms with Crippen LogP contribution in [0.5, 0.6) is 0 Å². The normalized spacial score (nSPS) is 43.2. The molecule has 2 heteroatoms. The maximum atomic E-state index is 5.40. The van der Waals surface area contributed by atoms with E-state index in [1.54, 1.807) is 6.26 Å². The minimum Gasteiger partial charge on any atom is -0.468 e. The highest BCUT2D eigenvalue weighted by Gasteiger charge is 2.53. The molecule has 1 aromatic heterocycles. The molecule has 2 nitrogen and oxygen atoms in total. The number of rotatable bonds is 3. The second-order valence-corrected chi connectivity index (χ2v) is 6.22. The van der Waals surface area contributed by atoms with Gasteiger partial charge in [-0.25, -0.2) is 0 Å². The first-order valence-corrected chi connectivity index (χ1v) is 7.17. The number of nitrogens with one attached hydrogen (secondary N) is 1. The average molecular weight is 231 g/mol. The molecule has 1 N–H and O–H groups in total. The zero-order valence-electron chi connectivity index (χ0n) is 10.3. The highest BCUT2D eigenvalue weighted by molar-refractivity contribution is 5.06. The first-order chi connectivity index (χ1) is 8.42. The summed E-state index contributed by atoms with van der Waals surface area (Å²) in [6, 6.07) is 4.81. The molecule has 92 valence electrons. The van der Waals surface area contributed by atoms with Crippen LogP contribution < -0.4 is 5.32 Å². The van der Waals surface area contributed by atoms with Gasteiger partial charge in [0, 0.05) is 6.04 Å². The molecule has 5 atom stereocenters. The van der Waals surface area contributed by atoms with E-state index < -0.39 is 0 Å². The van der Waals surface area contributed by atoms with Crippen molar-refractivity contribution in [3.63, 3.8) is 0 Å². The van der Waals surface area contributed by atoms with E-state index in [-0.39, 0.29) is 0 Å². The standard InChI is InChI=1S/C15H21NO/c1-4-12-10-7-14(13(12)5-1)15(8-10)16-9-11-3-2-6-17-11/h2-3,6,10,12-16H,1,4-5,7-9H2. The van der Waals surface area contributed by atoms with Crippen molar-refractivity contribution < 1.29 is 4.42 Å². The SMILES string of the molecule is c1coc(CNC2CC3CC2C2CCCC32)c1. The van der Waals surface area contributed by atoms with E-state index >= 15 is 0 Å². The Morgan fingerprint density at radius 3 is 3.00 bits per heavy atom. The van der Waals surface area contributed by atoms with Crippen LogP contribution in [0.15, 0.2) is 22.8 Å². The Kier molecular flexibility index (Phi) is 2.32. The summed E-state index contributed by atoms with van der Waals surface area (Å²) < 4.78 is 5.40. The number of fused-ring (bicyclic) bond motifs is 5. The van der Waals surface area contributed by atoms with Crippen LogP contribution in [-0.2, 0) is 6.54 Å². The molecular formula is C15H21NO. The van der Waals surface area contributed by atoms with Crippen molar-refractivity contribution in [3.8, 4) is 0 Å². The lowest BCUT2D eigenvalue weighted by Gasteiger charge is -2.32. The lowest BCUT2D eigenvalue weighted by molar-refractivity contribution is 0.205. The molecule has 0 aromatic carbocycles. The summed E-state index contributed by atoms with van der Waals surface area (Å²) in [5.41, 5.74) is 0. The van der Waals surface area contributed by atoms with Gasteiger partial charge >= 0.3 is 0 Å². The van der Waals surface area contributed by atoms with Crippen LogP contribution in [0.2, 0.25) is 0 Å². The first-order valence-electron chi connectivity index (χ1n) is 7.17. The van der Waals surface area contributed by atoms with Gasteiger partial charge in [0.2, 0.25) is 0 Å². The van der Waals surface area contributed by atoms with Crippen LogP contribution in [0.25, 0.3) is 0 Å². The van der Waals surface area contributed by atoms with Gasteiger partial charge in [0.05, 0.1) is 12.8 Å². The molecule has 4 rings (SSSR count). The van der Waals surface area contributed by atoms with Gasteiger partial charge in [-0.15, -0.1) is 0 Å². The predicted octanol–water partition coefficient (Wildman–Crippen LogP) is 3.19. The lowest BCUT2D eigenvalue weighted by Crippen LogP contribution is -2.38. The van der Waals surface area contributed by atoms with E-state index in [0.717, 1.165) is 42.0 Å². The molecule has 0 spiro atoms. The van der Waals surface area contributed by atoms with Gasteiger partial charge in [-0.1, -0.05) is 6.42 Å². The van der Waals surface area contributed by atoms with Crippen LogP contribution in [0.1, 0.15) is 37.9 Å². The van der Waals surface area contributed by atoms with Gasteiger partial charge in [-0.05, 0) is 61.5 Å². The molecular weight excluding hydrogens is 210 g/mol. The zero-order valence-corrected chi connectivity index (χ0v) is 10.3. The van der Waals surface area contributed by atoms with Crippen LogP contribution in [-0.4, -0.2) is 6.04 Å². The fourth-order valence-corrected chi connectivity index (χ4v) is 4.95. The average Bonchev–Trinajstić information content (AvgIpc) is 3.08. The molecule has 3 aliphatic carbocycles. The quantitative estimate of drug-likeness (QED) is 0.864.